The number of nitrogen functional groups attached to an aromatic ring is 1. The van der Waals surface area contributed by atoms with Crippen molar-refractivity contribution in [3.8, 4) is 0 Å². The molecule has 5 amide bonds. The first-order valence-corrected chi connectivity index (χ1v) is 43.8. The summed E-state index contributed by atoms with van der Waals surface area (Å²) < 4.78 is 109. The molecule has 0 unspecified atom stereocenters. The largest absolute Gasteiger partial charge is 0.366 e. The Labute approximate surface area is 699 Å². The predicted octanol–water partition coefficient (Wildman–Crippen LogP) is 7.48. The SMILES string of the molecule is CN(C)C[C@@H]1Cc2ccccc2CN1C(=O)C[C@H](N)Cc1ccccc1F.CS(=O)(=O)NC[C@@H]1Cc2ccccc2CN1C(=O)C[C@H](N)Cc1ccccc1F.N[C@@H](CC(=O)N1Cc2ccccc2C[C@H]1CNS(=O)(=O)C1CC1)Cc1ccccc1F.Nc1n[nH]c(C(=O)NC[C@@H]2Cc3ccccc3CN2C(=O)C[C@H](N)Cc2ccccc2F)n1. The van der Waals surface area contributed by atoms with E-state index in [0.29, 0.717) is 87.0 Å². The lowest BCUT2D eigenvalue weighted by atomic mass is 9.92. The van der Waals surface area contributed by atoms with Gasteiger partial charge in [0.15, 0.2) is 0 Å². The number of benzene rings is 8. The van der Waals surface area contributed by atoms with E-state index in [9.17, 15) is 58.4 Å². The highest BCUT2D eigenvalue weighted by Gasteiger charge is 2.39. The maximum atomic E-state index is 14.0. The molecule has 0 radical (unpaired) electrons. The van der Waals surface area contributed by atoms with Gasteiger partial charge in [-0.1, -0.05) is 170 Å². The second-order valence-corrected chi connectivity index (χ2v) is 35.7. The van der Waals surface area contributed by atoms with E-state index < -0.39 is 50.1 Å². The van der Waals surface area contributed by atoms with Crippen LogP contribution in [0.2, 0.25) is 0 Å². The highest BCUT2D eigenvalue weighted by Crippen LogP contribution is 2.32. The number of aromatic amines is 1. The second-order valence-electron chi connectivity index (χ2n) is 31.9. The molecule has 0 saturated heterocycles. The van der Waals surface area contributed by atoms with Gasteiger partial charge in [-0.05, 0) is 169 Å². The van der Waals surface area contributed by atoms with Gasteiger partial charge < -0.3 is 58.5 Å². The number of hydrogen-bond donors (Lipinski definition) is 9. The average Bonchev–Trinajstić information content (AvgIpc) is 1.04. The van der Waals surface area contributed by atoms with Crippen molar-refractivity contribution in [1.82, 2.24) is 54.4 Å². The number of anilines is 1. The highest BCUT2D eigenvalue weighted by atomic mass is 32.2. The van der Waals surface area contributed by atoms with Crippen molar-refractivity contribution < 1.29 is 58.4 Å². The van der Waals surface area contributed by atoms with Crippen LogP contribution in [0.4, 0.5) is 23.5 Å². The summed E-state index contributed by atoms with van der Waals surface area (Å²) in [6, 6.07) is 55.0. The van der Waals surface area contributed by atoms with Crippen LogP contribution in [-0.4, -0.2) is 186 Å². The average molecular weight is 1690 g/mol. The number of H-pyrrole nitrogens is 1. The quantitative estimate of drug-likeness (QED) is 0.0215. The van der Waals surface area contributed by atoms with Gasteiger partial charge in [-0.3, -0.25) is 29.1 Å². The van der Waals surface area contributed by atoms with Gasteiger partial charge in [0, 0.05) is 120 Å². The number of hydrogen-bond acceptors (Lipinski definition) is 17. The first-order valence-electron chi connectivity index (χ1n) is 40.3. The summed E-state index contributed by atoms with van der Waals surface area (Å²) in [5.41, 5.74) is 41.2. The molecule has 1 saturated carbocycles. The molecule has 4 aliphatic heterocycles. The fourth-order valence-corrected chi connectivity index (χ4v) is 17.6. The molecule has 14 N–H and O–H groups in total. The van der Waals surface area contributed by atoms with Crippen LogP contribution in [0, 0.1) is 23.3 Å². The van der Waals surface area contributed by atoms with E-state index in [1.807, 2.05) is 104 Å². The van der Waals surface area contributed by atoms with Gasteiger partial charge in [0.1, 0.15) is 23.3 Å². The number of amides is 5. The zero-order valence-corrected chi connectivity index (χ0v) is 69.4. The van der Waals surface area contributed by atoms with Crippen molar-refractivity contribution in [2.45, 2.75) is 170 Å². The number of nitrogens with one attached hydrogen (secondary N) is 4. The Morgan fingerprint density at radius 1 is 0.433 bits per heavy atom. The summed E-state index contributed by atoms with van der Waals surface area (Å²) in [5, 5.41) is 8.62. The fraction of sp³-hybridized carbons (Fsp3) is 0.382. The van der Waals surface area contributed by atoms with Crippen LogP contribution < -0.4 is 43.4 Å². The first-order chi connectivity index (χ1) is 57.4. The van der Waals surface area contributed by atoms with Crippen LogP contribution >= 0.6 is 0 Å². The summed E-state index contributed by atoms with van der Waals surface area (Å²) in [5.74, 6) is -2.14. The number of sulfonamides is 2. The Bertz CT molecular complexity index is 5260. The number of nitrogens with zero attached hydrogens (tertiary/aromatic N) is 7. The minimum atomic E-state index is -3.37. The summed E-state index contributed by atoms with van der Waals surface area (Å²) in [6.07, 6.45) is 6.63. The maximum absolute atomic E-state index is 14.0. The Kier molecular flexibility index (Phi) is 31.6. The number of aromatic nitrogens is 3. The topological polar surface area (TPSA) is 378 Å². The fourth-order valence-electron chi connectivity index (χ4n) is 15.7. The molecule has 14 rings (SSSR count). The Morgan fingerprint density at radius 2 is 0.717 bits per heavy atom. The van der Waals surface area contributed by atoms with E-state index in [2.05, 4.69) is 47.0 Å². The molecule has 9 aromatic rings. The summed E-state index contributed by atoms with van der Waals surface area (Å²) in [6.45, 7) is 3.19. The van der Waals surface area contributed by atoms with Crippen molar-refractivity contribution in [2.24, 2.45) is 22.9 Å². The van der Waals surface area contributed by atoms with Gasteiger partial charge in [0.25, 0.3) is 5.91 Å². The van der Waals surface area contributed by atoms with E-state index in [1.165, 1.54) is 35.4 Å². The molecule has 5 aliphatic rings. The summed E-state index contributed by atoms with van der Waals surface area (Å²) >= 11 is 0. The molecule has 25 nitrogen and oxygen atoms in total. The van der Waals surface area contributed by atoms with Gasteiger partial charge in [-0.2, -0.15) is 4.98 Å². The summed E-state index contributed by atoms with van der Waals surface area (Å²) in [4.78, 5) is 77.8. The van der Waals surface area contributed by atoms with Crippen LogP contribution in [0.15, 0.2) is 194 Å². The Morgan fingerprint density at radius 3 is 1.01 bits per heavy atom. The molecule has 0 spiro atoms. The number of likely N-dealkylation sites (N-methyl/N-ethyl adjacent to an activating group) is 1. The van der Waals surface area contributed by atoms with Crippen molar-refractivity contribution in [3.63, 3.8) is 0 Å². The van der Waals surface area contributed by atoms with Crippen molar-refractivity contribution in [1.29, 1.82) is 0 Å². The number of nitrogens with two attached hydrogens (primary N) is 5. The smallest absolute Gasteiger partial charge is 0.288 e. The predicted molar refractivity (Wildman–Crippen MR) is 453 cm³/mol. The molecule has 31 heteroatoms. The molecular weight excluding hydrogens is 1580 g/mol. The third-order valence-corrected chi connectivity index (χ3v) is 24.7. The van der Waals surface area contributed by atoms with Gasteiger partial charge in [-0.25, -0.2) is 43.8 Å². The molecule has 120 heavy (non-hydrogen) atoms. The number of carbonyl (C=O) groups excluding carboxylic acids is 5. The molecule has 1 aliphatic carbocycles. The Hall–Kier alpha value is -10.6. The third kappa shape index (κ3) is 26.0. The van der Waals surface area contributed by atoms with Crippen LogP contribution in [0.5, 0.6) is 0 Å². The molecule has 0 bridgehead atoms. The number of rotatable bonds is 28. The van der Waals surface area contributed by atoms with E-state index in [0.717, 1.165) is 52.6 Å². The van der Waals surface area contributed by atoms with Crippen LogP contribution in [0.3, 0.4) is 0 Å². The number of fused-ring (bicyclic) bond motifs is 4. The molecule has 638 valence electrons. The van der Waals surface area contributed by atoms with Crippen molar-refractivity contribution >= 4 is 55.5 Å². The zero-order chi connectivity index (χ0) is 85.8. The van der Waals surface area contributed by atoms with E-state index in [-0.39, 0.29) is 153 Å². The van der Waals surface area contributed by atoms with Crippen molar-refractivity contribution in [2.75, 3.05) is 52.3 Å². The second kappa shape index (κ2) is 42.1. The van der Waals surface area contributed by atoms with E-state index in [4.69, 9.17) is 28.7 Å². The van der Waals surface area contributed by atoms with Crippen LogP contribution in [-0.2, 0) is 117 Å². The monoisotopic (exact) mass is 1680 g/mol. The molecule has 5 heterocycles. The van der Waals surface area contributed by atoms with Gasteiger partial charge in [-0.15, -0.1) is 5.10 Å². The van der Waals surface area contributed by atoms with Crippen molar-refractivity contribution in [3.05, 3.63) is 290 Å². The maximum Gasteiger partial charge on any atom is 0.288 e. The number of carbonyl (C=O) groups is 5. The van der Waals surface area contributed by atoms with E-state index >= 15 is 0 Å². The van der Waals surface area contributed by atoms with Crippen LogP contribution in [0.25, 0.3) is 0 Å². The molecule has 1 aromatic heterocycles. The van der Waals surface area contributed by atoms with Gasteiger partial charge in [0.2, 0.25) is 55.4 Å². The van der Waals surface area contributed by atoms with Gasteiger partial charge in [0.05, 0.1) is 17.5 Å². The van der Waals surface area contributed by atoms with Gasteiger partial charge >= 0.3 is 0 Å². The minimum Gasteiger partial charge on any atom is -0.366 e. The minimum absolute atomic E-state index is 0.00787. The van der Waals surface area contributed by atoms with Crippen LogP contribution in [0.1, 0.15) is 116 Å². The van der Waals surface area contributed by atoms with E-state index in [1.54, 1.807) is 87.5 Å². The molecule has 8 aromatic carbocycles. The molecule has 1 fully saturated rings. The number of halogens is 4. The normalized spacial score (nSPS) is 17.8. The highest BCUT2D eigenvalue weighted by molar-refractivity contribution is 7.90. The lowest BCUT2D eigenvalue weighted by Gasteiger charge is -2.39. The lowest BCUT2D eigenvalue weighted by molar-refractivity contribution is -0.136. The molecular formula is C89H108F4N16O9S2. The molecule has 8 atom stereocenters. The zero-order valence-electron chi connectivity index (χ0n) is 67.7. The summed E-state index contributed by atoms with van der Waals surface area (Å²) in [7, 11) is -2.67. The first kappa shape index (κ1) is 90.2. The Balaban J connectivity index is 0.000000157. The standard InChI is InChI=1S/C23H26FN7O2.C23H28FN3O3S.C22H28FN3O.C21H26FN3O3S/c24-19-8-4-3-6-15(19)9-17(25)11-20(32)31-13-16-7-2-1-5-14(16)10-18(31)12-27-22(33)21-28-23(26)30-29-21;24-22-8-4-3-6-17(22)11-19(25)13-23(28)27-15-18-7-2-1-5-16(18)12-20(27)14-26-31(29,30)21-9-10-21;1-25(2)15-20-12-16-7-3-4-9-18(16)14-26(20)22(27)13-19(24)11-17-8-5-6-10-21(17)23;1-29(27,28)24-13-19-11-15-6-2-3-8-17(15)14-25(19)21(26)12-18(23)10-16-7-4-5-9-20(16)22/h1-8,17-18H,9-13,25H2,(H,27,33)(H3,26,28,29,30);1-8,19-21,26H,9-15,25H2;3-10,19-20H,11-15,24H2,1-2H3;2-9,18-19,24H,10-14,23H2,1H3/t17-,18+;2*19-,20+;18-,19+/m1111/s1. The lowest BCUT2D eigenvalue weighted by Crippen LogP contribution is -2.51. The third-order valence-electron chi connectivity index (χ3n) is 22.1.